The highest BCUT2D eigenvalue weighted by atomic mass is 79.9. The summed E-state index contributed by atoms with van der Waals surface area (Å²) in [5, 5.41) is 0. The van der Waals surface area contributed by atoms with Gasteiger partial charge in [-0.1, -0.05) is 34.1 Å². The number of benzene rings is 1. The summed E-state index contributed by atoms with van der Waals surface area (Å²) < 4.78 is 5.60. The van der Waals surface area contributed by atoms with E-state index >= 15 is 0 Å². The van der Waals surface area contributed by atoms with Crippen LogP contribution in [-0.4, -0.2) is 11.0 Å². The molecule has 0 N–H and O–H groups in total. The molecule has 1 rings (SSSR count). The summed E-state index contributed by atoms with van der Waals surface area (Å²) in [6.07, 6.45) is 1.89. The molecule has 0 radical (unpaired) electrons. The lowest BCUT2D eigenvalue weighted by Crippen LogP contribution is -2.04. The Morgan fingerprint density at radius 2 is 1.93 bits per heavy atom. The molecular weight excluding hydrogens is 258 g/mol. The summed E-state index contributed by atoms with van der Waals surface area (Å²) in [7, 11) is 0. The molecule has 0 saturated carbocycles. The van der Waals surface area contributed by atoms with Gasteiger partial charge in [0.2, 0.25) is 0 Å². The van der Waals surface area contributed by atoms with Gasteiger partial charge in [0.1, 0.15) is 0 Å². The first-order chi connectivity index (χ1) is 6.49. The zero-order valence-corrected chi connectivity index (χ0v) is 11.0. The van der Waals surface area contributed by atoms with Gasteiger partial charge >= 0.3 is 0 Å². The predicted octanol–water partition coefficient (Wildman–Crippen LogP) is 4.31. The van der Waals surface area contributed by atoms with Crippen LogP contribution in [0.15, 0.2) is 33.1 Å². The van der Waals surface area contributed by atoms with Crippen LogP contribution in [0.4, 0.5) is 0 Å². The Bertz CT molecular complexity index is 328. The molecule has 0 aromatic heterocycles. The summed E-state index contributed by atoms with van der Waals surface area (Å²) in [4.78, 5) is 0. The van der Waals surface area contributed by atoms with Crippen molar-refractivity contribution in [2.24, 2.45) is 4.40 Å². The van der Waals surface area contributed by atoms with Crippen LogP contribution in [0.2, 0.25) is 0 Å². The summed E-state index contributed by atoms with van der Waals surface area (Å²) >= 11 is 5.06. The van der Waals surface area contributed by atoms with Crippen LogP contribution in [0.5, 0.6) is 0 Å². The second kappa shape index (κ2) is 4.99. The second-order valence-electron chi connectivity index (χ2n) is 3.96. The molecule has 0 amide bonds. The maximum absolute atomic E-state index is 4.34. The fourth-order valence-electron chi connectivity index (χ4n) is 0.821. The third-order valence-corrected chi connectivity index (χ3v) is 2.90. The summed E-state index contributed by atoms with van der Waals surface area (Å²) in [6, 6.07) is 8.06. The van der Waals surface area contributed by atoms with Crippen molar-refractivity contribution in [2.45, 2.75) is 25.5 Å². The lowest BCUT2D eigenvalue weighted by Gasteiger charge is -2.12. The van der Waals surface area contributed by atoms with E-state index in [1.54, 1.807) is 11.9 Å². The van der Waals surface area contributed by atoms with Crippen molar-refractivity contribution >= 4 is 34.1 Å². The molecule has 14 heavy (non-hydrogen) atoms. The Balaban J connectivity index is 2.65. The van der Waals surface area contributed by atoms with Gasteiger partial charge in [-0.3, -0.25) is 0 Å². The quantitative estimate of drug-likeness (QED) is 0.577. The Labute approximate surface area is 98.3 Å². The van der Waals surface area contributed by atoms with Gasteiger partial charge < -0.3 is 0 Å². The average Bonchev–Trinajstić information content (AvgIpc) is 2.06. The van der Waals surface area contributed by atoms with E-state index in [2.05, 4.69) is 41.1 Å². The molecule has 0 aliphatic carbocycles. The van der Waals surface area contributed by atoms with Crippen molar-refractivity contribution in [1.29, 1.82) is 0 Å². The van der Waals surface area contributed by atoms with E-state index in [1.165, 1.54) is 0 Å². The molecule has 0 unspecified atom stereocenters. The van der Waals surface area contributed by atoms with E-state index in [-0.39, 0.29) is 4.75 Å². The monoisotopic (exact) mass is 271 g/mol. The molecule has 76 valence electrons. The standard InChI is InChI=1S/C11H14BrNS/c1-11(2,3)14-13-8-9-6-4-5-7-10(9)12/h4-8H,1-3H3/b13-8+. The van der Waals surface area contributed by atoms with Crippen LogP contribution in [0.3, 0.4) is 0 Å². The molecular formula is C11H14BrNS. The zero-order chi connectivity index (χ0) is 10.6. The van der Waals surface area contributed by atoms with Crippen LogP contribution in [0, 0.1) is 0 Å². The van der Waals surface area contributed by atoms with Gasteiger partial charge in [0.15, 0.2) is 0 Å². The molecule has 0 aliphatic heterocycles. The van der Waals surface area contributed by atoms with Gasteiger partial charge in [-0.05, 0) is 38.8 Å². The maximum Gasteiger partial charge on any atom is 0.0435 e. The lowest BCUT2D eigenvalue weighted by atomic mass is 10.2. The fourth-order valence-corrected chi connectivity index (χ4v) is 1.69. The molecule has 3 heteroatoms. The zero-order valence-electron chi connectivity index (χ0n) is 8.62. The van der Waals surface area contributed by atoms with Crippen molar-refractivity contribution in [1.82, 2.24) is 0 Å². The van der Waals surface area contributed by atoms with Gasteiger partial charge in [-0.2, -0.15) is 0 Å². The predicted molar refractivity (Wildman–Crippen MR) is 69.1 cm³/mol. The molecule has 0 aliphatic rings. The number of hydrogen-bond acceptors (Lipinski definition) is 2. The van der Waals surface area contributed by atoms with Crippen molar-refractivity contribution in [3.63, 3.8) is 0 Å². The minimum atomic E-state index is 0.178. The summed E-state index contributed by atoms with van der Waals surface area (Å²) in [5.74, 6) is 0. The summed E-state index contributed by atoms with van der Waals surface area (Å²) in [6.45, 7) is 6.44. The first-order valence-corrected chi connectivity index (χ1v) is 6.02. The molecule has 1 aromatic rings. The molecule has 1 aromatic carbocycles. The third-order valence-electron chi connectivity index (χ3n) is 1.42. The van der Waals surface area contributed by atoms with Crippen LogP contribution >= 0.6 is 27.9 Å². The van der Waals surface area contributed by atoms with Crippen LogP contribution in [0.1, 0.15) is 26.3 Å². The largest absolute Gasteiger partial charge is 0.223 e. The first-order valence-electron chi connectivity index (χ1n) is 4.45. The van der Waals surface area contributed by atoms with E-state index in [0.29, 0.717) is 0 Å². The minimum absolute atomic E-state index is 0.178. The van der Waals surface area contributed by atoms with E-state index in [1.807, 2.05) is 30.5 Å². The Hall–Kier alpha value is -0.280. The molecule has 0 spiro atoms. The highest BCUT2D eigenvalue weighted by Gasteiger charge is 2.08. The Morgan fingerprint density at radius 1 is 1.29 bits per heavy atom. The SMILES string of the molecule is CC(C)(C)S/N=C/c1ccccc1Br. The van der Waals surface area contributed by atoms with E-state index in [0.717, 1.165) is 10.0 Å². The molecule has 0 bridgehead atoms. The van der Waals surface area contributed by atoms with Gasteiger partial charge in [-0.15, -0.1) is 0 Å². The lowest BCUT2D eigenvalue weighted by molar-refractivity contribution is 0.804. The second-order valence-corrected chi connectivity index (χ2v) is 6.43. The molecule has 0 saturated heterocycles. The minimum Gasteiger partial charge on any atom is -0.223 e. The number of rotatable bonds is 2. The van der Waals surface area contributed by atoms with Gasteiger partial charge in [0, 0.05) is 21.0 Å². The maximum atomic E-state index is 4.34. The van der Waals surface area contributed by atoms with E-state index < -0.39 is 0 Å². The van der Waals surface area contributed by atoms with Crippen molar-refractivity contribution in [2.75, 3.05) is 0 Å². The van der Waals surface area contributed by atoms with Crippen LogP contribution in [0.25, 0.3) is 0 Å². The molecule has 0 heterocycles. The fraction of sp³-hybridized carbons (Fsp3) is 0.364. The highest BCUT2D eigenvalue weighted by Crippen LogP contribution is 2.24. The van der Waals surface area contributed by atoms with Gasteiger partial charge in [-0.25, -0.2) is 4.40 Å². The summed E-state index contributed by atoms with van der Waals surface area (Å²) in [5.41, 5.74) is 1.12. The van der Waals surface area contributed by atoms with Crippen molar-refractivity contribution < 1.29 is 0 Å². The van der Waals surface area contributed by atoms with Gasteiger partial charge in [0.25, 0.3) is 0 Å². The van der Waals surface area contributed by atoms with Crippen LogP contribution in [-0.2, 0) is 0 Å². The molecule has 0 atom stereocenters. The Morgan fingerprint density at radius 3 is 2.50 bits per heavy atom. The first kappa shape index (κ1) is 11.8. The highest BCUT2D eigenvalue weighted by molar-refractivity contribution is 9.10. The molecule has 0 fully saturated rings. The third kappa shape index (κ3) is 4.29. The normalized spacial score (nSPS) is 12.3. The topological polar surface area (TPSA) is 12.4 Å². The van der Waals surface area contributed by atoms with E-state index in [9.17, 15) is 0 Å². The van der Waals surface area contributed by atoms with Crippen molar-refractivity contribution in [3.05, 3.63) is 34.3 Å². The van der Waals surface area contributed by atoms with Crippen LogP contribution < -0.4 is 0 Å². The number of halogens is 1. The van der Waals surface area contributed by atoms with Crippen molar-refractivity contribution in [3.8, 4) is 0 Å². The number of nitrogens with zero attached hydrogens (tertiary/aromatic N) is 1. The Kier molecular flexibility index (Phi) is 4.20. The molecule has 1 nitrogen and oxygen atoms in total. The van der Waals surface area contributed by atoms with Gasteiger partial charge in [0.05, 0.1) is 0 Å². The average molecular weight is 272 g/mol. The number of hydrogen-bond donors (Lipinski definition) is 0. The smallest absolute Gasteiger partial charge is 0.0435 e. The van der Waals surface area contributed by atoms with E-state index in [4.69, 9.17) is 0 Å².